The molecule has 0 spiro atoms. The van der Waals surface area contributed by atoms with Crippen molar-refractivity contribution in [2.75, 3.05) is 18.4 Å². The number of aromatic amines is 1. The Labute approximate surface area is 184 Å². The summed E-state index contributed by atoms with van der Waals surface area (Å²) in [4.78, 5) is 29.9. The van der Waals surface area contributed by atoms with Crippen LogP contribution < -0.4 is 5.32 Å². The average Bonchev–Trinajstić information content (AvgIpc) is 3.46. The second kappa shape index (κ2) is 9.13. The van der Waals surface area contributed by atoms with Gasteiger partial charge >= 0.3 is 0 Å². The summed E-state index contributed by atoms with van der Waals surface area (Å²) in [6, 6.07) is 4.63. The van der Waals surface area contributed by atoms with E-state index in [0.29, 0.717) is 30.6 Å². The number of nitrogens with zero attached hydrogens (tertiary/aromatic N) is 3. The lowest BCUT2D eigenvalue weighted by Crippen LogP contribution is -2.30. The third-order valence-electron chi connectivity index (χ3n) is 5.97. The molecule has 1 aliphatic rings. The van der Waals surface area contributed by atoms with E-state index in [9.17, 15) is 14.0 Å². The van der Waals surface area contributed by atoms with E-state index in [4.69, 9.17) is 0 Å². The van der Waals surface area contributed by atoms with Crippen molar-refractivity contribution in [1.82, 2.24) is 20.1 Å². The molecule has 31 heavy (non-hydrogen) atoms. The minimum Gasteiger partial charge on any atom is -0.361 e. The summed E-state index contributed by atoms with van der Waals surface area (Å²) in [5.41, 5.74) is 1.82. The number of carbonyl (C=O) groups excluding carboxylic acids is 2. The number of likely N-dealkylation sites (tertiary alicyclic amines) is 1. The Bertz CT molecular complexity index is 1090. The van der Waals surface area contributed by atoms with Gasteiger partial charge in [0.1, 0.15) is 10.8 Å². The van der Waals surface area contributed by atoms with Gasteiger partial charge in [0.15, 0.2) is 0 Å². The molecular formula is C22H26FN5O2S. The molecule has 1 aromatic carbocycles. The van der Waals surface area contributed by atoms with E-state index in [1.165, 1.54) is 23.5 Å². The number of nitrogens with one attached hydrogen (secondary N) is 2. The van der Waals surface area contributed by atoms with Crippen molar-refractivity contribution in [2.45, 2.75) is 45.4 Å². The van der Waals surface area contributed by atoms with Crippen molar-refractivity contribution in [3.05, 3.63) is 40.8 Å². The predicted octanol–water partition coefficient (Wildman–Crippen LogP) is 4.09. The molecule has 2 N–H and O–H groups in total. The number of amides is 2. The number of carbonyl (C=O) groups is 2. The Morgan fingerprint density at radius 2 is 2.16 bits per heavy atom. The molecule has 1 unspecified atom stereocenters. The van der Waals surface area contributed by atoms with E-state index in [1.54, 1.807) is 11.0 Å². The Morgan fingerprint density at radius 3 is 2.94 bits per heavy atom. The lowest BCUT2D eigenvalue weighted by molar-refractivity contribution is -0.128. The number of aromatic nitrogens is 3. The predicted molar refractivity (Wildman–Crippen MR) is 119 cm³/mol. The van der Waals surface area contributed by atoms with Crippen LogP contribution in [-0.4, -0.2) is 45.0 Å². The third kappa shape index (κ3) is 4.61. The molecular weight excluding hydrogens is 417 g/mol. The lowest BCUT2D eigenvalue weighted by Gasteiger charge is -2.16. The number of H-pyrrole nitrogens is 1. The molecule has 0 saturated carbocycles. The van der Waals surface area contributed by atoms with Crippen LogP contribution in [0.3, 0.4) is 0 Å². The molecule has 4 rings (SSSR count). The zero-order valence-corrected chi connectivity index (χ0v) is 18.5. The largest absolute Gasteiger partial charge is 0.361 e. The molecule has 1 fully saturated rings. The van der Waals surface area contributed by atoms with Crippen LogP contribution in [0.5, 0.6) is 0 Å². The van der Waals surface area contributed by atoms with Gasteiger partial charge in [-0.1, -0.05) is 25.2 Å². The van der Waals surface area contributed by atoms with Crippen molar-refractivity contribution in [3.8, 4) is 0 Å². The first-order valence-corrected chi connectivity index (χ1v) is 11.5. The number of rotatable bonds is 8. The summed E-state index contributed by atoms with van der Waals surface area (Å²) >= 11 is 1.40. The maximum atomic E-state index is 13.6. The Hall–Kier alpha value is -2.81. The highest BCUT2D eigenvalue weighted by Gasteiger charge is 2.34. The van der Waals surface area contributed by atoms with Crippen LogP contribution in [0.25, 0.3) is 10.9 Å². The van der Waals surface area contributed by atoms with Crippen LogP contribution in [0, 0.1) is 11.7 Å². The molecule has 2 amide bonds. The number of benzene rings is 1. The fourth-order valence-corrected chi connectivity index (χ4v) is 5.09. The Balaban J connectivity index is 1.34. The highest BCUT2D eigenvalue weighted by atomic mass is 32.1. The molecule has 0 radical (unpaired) electrons. The molecule has 7 nitrogen and oxygen atoms in total. The van der Waals surface area contributed by atoms with E-state index in [2.05, 4.69) is 34.3 Å². The van der Waals surface area contributed by atoms with Gasteiger partial charge in [0.25, 0.3) is 0 Å². The number of hydrogen-bond acceptors (Lipinski definition) is 5. The van der Waals surface area contributed by atoms with Crippen molar-refractivity contribution in [2.24, 2.45) is 5.92 Å². The first-order chi connectivity index (χ1) is 15.0. The van der Waals surface area contributed by atoms with Gasteiger partial charge in [0.2, 0.25) is 16.9 Å². The summed E-state index contributed by atoms with van der Waals surface area (Å²) in [5.74, 6) is -0.581. The fraction of sp³-hybridized carbons (Fsp3) is 0.455. The minimum absolute atomic E-state index is 0.0406. The first kappa shape index (κ1) is 21.4. The van der Waals surface area contributed by atoms with Crippen LogP contribution in [-0.2, 0) is 16.0 Å². The third-order valence-corrected chi connectivity index (χ3v) is 6.97. The van der Waals surface area contributed by atoms with Crippen molar-refractivity contribution >= 4 is 39.2 Å². The topological polar surface area (TPSA) is 91.0 Å². The average molecular weight is 444 g/mol. The van der Waals surface area contributed by atoms with Gasteiger partial charge in [0, 0.05) is 42.5 Å². The molecule has 1 saturated heterocycles. The quantitative estimate of drug-likeness (QED) is 0.549. The Morgan fingerprint density at radius 1 is 1.35 bits per heavy atom. The summed E-state index contributed by atoms with van der Waals surface area (Å²) < 4.78 is 13.6. The minimum atomic E-state index is -0.409. The highest BCUT2D eigenvalue weighted by molar-refractivity contribution is 7.15. The van der Waals surface area contributed by atoms with Gasteiger partial charge in [-0.3, -0.25) is 9.59 Å². The van der Waals surface area contributed by atoms with Crippen molar-refractivity contribution in [1.29, 1.82) is 0 Å². The molecule has 0 aliphatic carbocycles. The molecule has 164 valence electrons. The van der Waals surface area contributed by atoms with E-state index in [0.717, 1.165) is 34.3 Å². The van der Waals surface area contributed by atoms with Gasteiger partial charge in [-0.2, -0.15) is 0 Å². The normalized spacial score (nSPS) is 16.6. The fourth-order valence-electron chi connectivity index (χ4n) is 4.07. The van der Waals surface area contributed by atoms with E-state index < -0.39 is 5.92 Å². The van der Waals surface area contributed by atoms with Gasteiger partial charge in [-0.05, 0) is 43.0 Å². The van der Waals surface area contributed by atoms with Crippen LogP contribution >= 0.6 is 11.3 Å². The lowest BCUT2D eigenvalue weighted by atomic mass is 10.1. The summed E-state index contributed by atoms with van der Waals surface area (Å²) in [7, 11) is 0. The van der Waals surface area contributed by atoms with Crippen LogP contribution in [0.15, 0.2) is 24.4 Å². The molecule has 3 heterocycles. The zero-order chi connectivity index (χ0) is 22.0. The van der Waals surface area contributed by atoms with Crippen LogP contribution in [0.4, 0.5) is 9.52 Å². The second-order valence-corrected chi connectivity index (χ2v) is 8.95. The van der Waals surface area contributed by atoms with Gasteiger partial charge in [-0.25, -0.2) is 4.39 Å². The number of hydrogen-bond donors (Lipinski definition) is 2. The van der Waals surface area contributed by atoms with Crippen LogP contribution in [0.2, 0.25) is 0 Å². The second-order valence-electron chi connectivity index (χ2n) is 7.94. The van der Waals surface area contributed by atoms with Gasteiger partial charge in [-0.15, -0.1) is 10.2 Å². The van der Waals surface area contributed by atoms with E-state index in [1.807, 2.05) is 6.20 Å². The monoisotopic (exact) mass is 443 g/mol. The maximum Gasteiger partial charge on any atom is 0.231 e. The molecule has 1 aliphatic heterocycles. The summed E-state index contributed by atoms with van der Waals surface area (Å²) in [6.07, 6.45) is 4.59. The van der Waals surface area contributed by atoms with E-state index >= 15 is 0 Å². The smallest absolute Gasteiger partial charge is 0.231 e. The molecule has 1 atom stereocenters. The summed E-state index contributed by atoms with van der Waals surface area (Å²) in [5, 5.41) is 13.4. The zero-order valence-electron chi connectivity index (χ0n) is 17.7. The highest BCUT2D eigenvalue weighted by Crippen LogP contribution is 2.29. The number of anilines is 1. The summed E-state index contributed by atoms with van der Waals surface area (Å²) in [6.45, 7) is 5.09. The number of halogens is 1. The van der Waals surface area contributed by atoms with E-state index in [-0.39, 0.29) is 24.1 Å². The first-order valence-electron chi connectivity index (χ1n) is 10.7. The van der Waals surface area contributed by atoms with Crippen molar-refractivity contribution < 1.29 is 14.0 Å². The maximum absolute atomic E-state index is 13.6. The van der Waals surface area contributed by atoms with Gasteiger partial charge < -0.3 is 15.2 Å². The molecule has 9 heteroatoms. The molecule has 3 aromatic rings. The SMILES string of the molecule is CCC(CC)c1nnc(NC(=O)C2CC(=O)N(CCc3c[nH]c4ccc(F)cc34)C2)s1. The molecule has 2 aromatic heterocycles. The standard InChI is InChI=1S/C22H26FN5O2S/c1-3-13(4-2)21-26-27-22(31-21)25-20(30)15-9-19(29)28(12-15)8-7-14-11-24-18-6-5-16(23)10-17(14)18/h5-6,10-11,13,15,24H,3-4,7-9,12H2,1-2H3,(H,25,27,30). The Kier molecular flexibility index (Phi) is 6.31. The number of fused-ring (bicyclic) bond motifs is 1. The van der Waals surface area contributed by atoms with Crippen LogP contribution in [0.1, 0.15) is 49.6 Å². The van der Waals surface area contributed by atoms with Gasteiger partial charge in [0.05, 0.1) is 5.92 Å². The molecule has 0 bridgehead atoms. The van der Waals surface area contributed by atoms with Crippen molar-refractivity contribution in [3.63, 3.8) is 0 Å².